The van der Waals surface area contributed by atoms with Gasteiger partial charge in [0.05, 0.1) is 0 Å². The van der Waals surface area contributed by atoms with Gasteiger partial charge in [-0.3, -0.25) is 4.79 Å². The lowest BCUT2D eigenvalue weighted by atomic mass is 10.4. The standard InChI is InChI=1S/C5H10O4.C4H8O.C2H4O2.Al.H/c1-3-9-5(8-2)4(6)7;1-2-3-4-5;1-2(3)4;;/h5H,3H2,1-2H3,(H,6,7);1-4H2;1H3,(H,3,4);;/q;-1;;+1;. The molecule has 1 fully saturated rings. The van der Waals surface area contributed by atoms with Crippen molar-refractivity contribution in [3.63, 3.8) is 0 Å². The third-order valence-electron chi connectivity index (χ3n) is 1.81. The zero-order valence-electron chi connectivity index (χ0n) is 11.8. The molecule has 0 aromatic carbocycles. The van der Waals surface area contributed by atoms with Gasteiger partial charge in [0.1, 0.15) is 0 Å². The van der Waals surface area contributed by atoms with Crippen molar-refractivity contribution in [1.82, 2.24) is 0 Å². The third kappa shape index (κ3) is 19.9. The number of ether oxygens (including phenoxy) is 2. The lowest BCUT2D eigenvalue weighted by Crippen LogP contribution is -2.25. The normalized spacial score (nSPS) is 14.7. The fourth-order valence-corrected chi connectivity index (χ4v) is 2.25. The summed E-state index contributed by atoms with van der Waals surface area (Å²) in [7, 11) is 1.29. The minimum Gasteiger partial charge on any atom is -0.503 e. The fraction of sp³-hybridized carbons (Fsp3) is 0.818. The maximum absolute atomic E-state index is 10.1. The van der Waals surface area contributed by atoms with Gasteiger partial charge in [0.15, 0.2) is 0 Å². The van der Waals surface area contributed by atoms with Crippen molar-refractivity contribution in [3.05, 3.63) is 0 Å². The van der Waals surface area contributed by atoms with Crippen molar-refractivity contribution in [3.8, 4) is 0 Å². The first-order valence-corrected chi connectivity index (χ1v) is 7.67. The van der Waals surface area contributed by atoms with Crippen molar-refractivity contribution >= 4 is 27.5 Å². The molecule has 0 radical (unpaired) electrons. The van der Waals surface area contributed by atoms with Crippen molar-refractivity contribution in [1.29, 1.82) is 0 Å². The van der Waals surface area contributed by atoms with Crippen LogP contribution in [-0.4, -0.2) is 64.3 Å². The van der Waals surface area contributed by atoms with Gasteiger partial charge in [-0.2, -0.15) is 0 Å². The van der Waals surface area contributed by atoms with Gasteiger partial charge in [-0.15, -0.1) is 0 Å². The Hall–Kier alpha value is -0.648. The summed E-state index contributed by atoms with van der Waals surface area (Å²) < 4.78 is 14.3. The van der Waals surface area contributed by atoms with E-state index in [0.29, 0.717) is 6.61 Å². The Morgan fingerprint density at radius 2 is 1.95 bits per heavy atom. The number of carbonyl (C=O) groups is 2. The SMILES string of the molecule is C1C[CH2][AlH][O]C1.CC(=O)O.CCOC(OC)C(=O)O. The van der Waals surface area contributed by atoms with E-state index in [-0.39, 0.29) is 15.6 Å². The summed E-state index contributed by atoms with van der Waals surface area (Å²) in [6.07, 6.45) is 1.63. The number of carboxylic acid groups (broad SMARTS) is 2. The van der Waals surface area contributed by atoms with Crippen molar-refractivity contribution in [2.75, 3.05) is 20.3 Å². The molecule has 0 aliphatic carbocycles. The van der Waals surface area contributed by atoms with Gasteiger partial charge < -0.3 is 23.5 Å². The van der Waals surface area contributed by atoms with Gasteiger partial charge >= 0.3 is 21.5 Å². The van der Waals surface area contributed by atoms with Gasteiger partial charge in [0.2, 0.25) is 0 Å². The van der Waals surface area contributed by atoms with Crippen LogP contribution in [0, 0.1) is 0 Å². The molecule has 0 amide bonds. The predicted molar refractivity (Wildman–Crippen MR) is 70.5 cm³/mol. The van der Waals surface area contributed by atoms with Crippen LogP contribution in [-0.2, 0) is 22.9 Å². The van der Waals surface area contributed by atoms with E-state index in [2.05, 4.69) is 9.47 Å². The van der Waals surface area contributed by atoms with Gasteiger partial charge in [-0.25, -0.2) is 4.79 Å². The highest BCUT2D eigenvalue weighted by molar-refractivity contribution is 6.27. The van der Waals surface area contributed by atoms with Crippen LogP contribution in [0.25, 0.3) is 0 Å². The lowest BCUT2D eigenvalue weighted by Gasteiger charge is -2.08. The molecule has 0 spiro atoms. The number of aliphatic carboxylic acids is 2. The molecule has 1 heterocycles. The quantitative estimate of drug-likeness (QED) is 0.582. The molecule has 1 unspecified atom stereocenters. The summed E-state index contributed by atoms with van der Waals surface area (Å²) in [4.78, 5) is 19.1. The first-order chi connectivity index (χ1) is 8.95. The summed E-state index contributed by atoms with van der Waals surface area (Å²) in [6.45, 7) is 4.19. The summed E-state index contributed by atoms with van der Waals surface area (Å²) in [5.74, 6) is -1.93. The number of hydrogen-bond donors (Lipinski definition) is 2. The number of carboxylic acids is 2. The molecule has 2 N–H and O–H groups in total. The maximum atomic E-state index is 10.1. The average Bonchev–Trinajstić information content (AvgIpc) is 2.37. The molecule has 19 heavy (non-hydrogen) atoms. The first kappa shape index (κ1) is 20.7. The molecule has 0 aromatic heterocycles. The van der Waals surface area contributed by atoms with E-state index in [0.717, 1.165) is 13.5 Å². The Bertz CT molecular complexity index is 216. The van der Waals surface area contributed by atoms with Crippen molar-refractivity contribution in [2.45, 2.75) is 38.3 Å². The molecule has 1 rings (SSSR count). The minimum atomic E-state index is -1.12. The largest absolute Gasteiger partial charge is 0.503 e. The fourth-order valence-electron chi connectivity index (χ4n) is 1.08. The summed E-state index contributed by atoms with van der Waals surface area (Å²) in [5, 5.41) is 17.1. The highest BCUT2D eigenvalue weighted by Gasteiger charge is 2.14. The third-order valence-corrected chi connectivity index (χ3v) is 3.18. The second-order valence-corrected chi connectivity index (χ2v) is 5.08. The Labute approximate surface area is 119 Å². The first-order valence-electron chi connectivity index (χ1n) is 6.10. The van der Waals surface area contributed by atoms with Crippen LogP contribution < -0.4 is 0 Å². The second-order valence-electron chi connectivity index (χ2n) is 3.55. The predicted octanol–water partition coefficient (Wildman–Crippen LogP) is 0.737. The molecule has 0 bridgehead atoms. The van der Waals surface area contributed by atoms with Crippen LogP contribution in [0.2, 0.25) is 5.28 Å². The van der Waals surface area contributed by atoms with E-state index in [4.69, 9.17) is 18.8 Å². The number of rotatable bonds is 4. The van der Waals surface area contributed by atoms with Gasteiger partial charge in [-0.1, -0.05) is 11.7 Å². The number of hydrogen-bond acceptors (Lipinski definition) is 5. The maximum Gasteiger partial charge on any atom is 0.435 e. The van der Waals surface area contributed by atoms with Crippen LogP contribution in [0.15, 0.2) is 0 Å². The van der Waals surface area contributed by atoms with Gasteiger partial charge in [0.25, 0.3) is 12.3 Å². The average molecular weight is 294 g/mol. The van der Waals surface area contributed by atoms with Crippen LogP contribution >= 0.6 is 0 Å². The van der Waals surface area contributed by atoms with Crippen LogP contribution in [0.4, 0.5) is 0 Å². The molecular formula is C11H23AlO7. The topological polar surface area (TPSA) is 102 Å². The van der Waals surface area contributed by atoms with E-state index in [1.807, 2.05) is 0 Å². The summed E-state index contributed by atoms with van der Waals surface area (Å²) in [5.41, 5.74) is 0. The van der Waals surface area contributed by atoms with Crippen molar-refractivity contribution in [2.24, 2.45) is 0 Å². The highest BCUT2D eigenvalue weighted by atomic mass is 27.1. The van der Waals surface area contributed by atoms with E-state index in [1.165, 1.54) is 25.2 Å². The zero-order valence-corrected chi connectivity index (χ0v) is 13.2. The van der Waals surface area contributed by atoms with Crippen LogP contribution in [0.3, 0.4) is 0 Å². The summed E-state index contributed by atoms with van der Waals surface area (Å²) in [6, 6.07) is 0. The van der Waals surface area contributed by atoms with Crippen LogP contribution in [0.5, 0.6) is 0 Å². The van der Waals surface area contributed by atoms with Gasteiger partial charge in [0, 0.05) is 27.2 Å². The van der Waals surface area contributed by atoms with E-state index in [9.17, 15) is 4.79 Å². The smallest absolute Gasteiger partial charge is 0.435 e. The molecule has 1 aliphatic rings. The van der Waals surface area contributed by atoms with Crippen molar-refractivity contribution < 1.29 is 33.1 Å². The molecule has 8 heteroatoms. The van der Waals surface area contributed by atoms with E-state index < -0.39 is 18.2 Å². The zero-order chi connectivity index (χ0) is 15.1. The monoisotopic (exact) mass is 294 g/mol. The van der Waals surface area contributed by atoms with E-state index >= 15 is 0 Å². The second kappa shape index (κ2) is 15.4. The van der Waals surface area contributed by atoms with Crippen LogP contribution in [0.1, 0.15) is 26.7 Å². The molecule has 1 aliphatic heterocycles. The summed E-state index contributed by atoms with van der Waals surface area (Å²) >= 11 is 0.00849. The Morgan fingerprint density at radius 1 is 1.37 bits per heavy atom. The Balaban J connectivity index is 0. The molecule has 1 saturated heterocycles. The minimum absolute atomic E-state index is 0.00849. The molecular weight excluding hydrogens is 271 g/mol. The van der Waals surface area contributed by atoms with E-state index in [1.54, 1.807) is 6.92 Å². The Morgan fingerprint density at radius 3 is 2.05 bits per heavy atom. The lowest BCUT2D eigenvalue weighted by molar-refractivity contribution is -0.181. The highest BCUT2D eigenvalue weighted by Crippen LogP contribution is 2.01. The molecule has 1 atom stereocenters. The van der Waals surface area contributed by atoms with Gasteiger partial charge in [-0.05, 0) is 13.3 Å². The molecule has 112 valence electrons. The molecule has 0 aromatic rings. The molecule has 0 saturated carbocycles. The Kier molecular flexibility index (Phi) is 16.8. The number of methoxy groups -OCH3 is 1. The molecule has 7 nitrogen and oxygen atoms in total.